The number of hydrogen-bond donors (Lipinski definition) is 1. The highest BCUT2D eigenvalue weighted by Crippen LogP contribution is 2.36. The van der Waals surface area contributed by atoms with Gasteiger partial charge in [0.1, 0.15) is 0 Å². The van der Waals surface area contributed by atoms with Crippen molar-refractivity contribution in [3.05, 3.63) is 69.0 Å². The molecule has 1 aromatic heterocycles. The van der Waals surface area contributed by atoms with Crippen LogP contribution in [0.15, 0.2) is 52.3 Å². The summed E-state index contributed by atoms with van der Waals surface area (Å²) in [7, 11) is 0. The summed E-state index contributed by atoms with van der Waals surface area (Å²) < 4.78 is 2.40. The summed E-state index contributed by atoms with van der Waals surface area (Å²) in [5.74, 6) is 0.549. The Kier molecular flexibility index (Phi) is 4.16. The Morgan fingerprint density at radius 1 is 1.00 bits per heavy atom. The van der Waals surface area contributed by atoms with Gasteiger partial charge in [0.05, 0.1) is 6.04 Å². The SMILES string of the molecule is CC(C)c1ccc(C(N)c2csc3c(Br)cccc23)cc1. The molecule has 0 spiro atoms. The zero-order valence-electron chi connectivity index (χ0n) is 12.1. The van der Waals surface area contributed by atoms with Gasteiger partial charge in [-0.2, -0.15) is 0 Å². The molecule has 0 saturated heterocycles. The van der Waals surface area contributed by atoms with Crippen LogP contribution < -0.4 is 5.73 Å². The molecule has 1 unspecified atom stereocenters. The second-order valence-corrected chi connectivity index (χ2v) is 7.34. The van der Waals surface area contributed by atoms with E-state index in [9.17, 15) is 0 Å². The van der Waals surface area contributed by atoms with Crippen LogP contribution in [0.2, 0.25) is 0 Å². The lowest BCUT2D eigenvalue weighted by Crippen LogP contribution is -2.11. The molecule has 1 nitrogen and oxygen atoms in total. The topological polar surface area (TPSA) is 26.0 Å². The van der Waals surface area contributed by atoms with Crippen molar-refractivity contribution in [1.29, 1.82) is 0 Å². The van der Waals surface area contributed by atoms with Gasteiger partial charge in [-0.3, -0.25) is 0 Å². The van der Waals surface area contributed by atoms with E-state index in [-0.39, 0.29) is 6.04 Å². The standard InChI is InChI=1S/C18H18BrNS/c1-11(2)12-6-8-13(9-7-12)17(20)15-10-21-18-14(15)4-3-5-16(18)19/h3-11,17H,20H2,1-2H3. The first kappa shape index (κ1) is 14.8. The molecule has 0 aliphatic carbocycles. The molecule has 21 heavy (non-hydrogen) atoms. The fourth-order valence-corrected chi connectivity index (χ4v) is 4.21. The monoisotopic (exact) mass is 359 g/mol. The second-order valence-electron chi connectivity index (χ2n) is 5.61. The van der Waals surface area contributed by atoms with Gasteiger partial charge in [-0.15, -0.1) is 11.3 Å². The number of hydrogen-bond acceptors (Lipinski definition) is 2. The van der Waals surface area contributed by atoms with Gasteiger partial charge in [0.25, 0.3) is 0 Å². The maximum atomic E-state index is 6.49. The lowest BCUT2D eigenvalue weighted by molar-refractivity contribution is 0.852. The number of benzene rings is 2. The predicted octanol–water partition coefficient (Wildman–Crippen LogP) is 5.84. The van der Waals surface area contributed by atoms with Gasteiger partial charge >= 0.3 is 0 Å². The van der Waals surface area contributed by atoms with Crippen molar-refractivity contribution in [2.24, 2.45) is 5.73 Å². The minimum absolute atomic E-state index is 0.0748. The van der Waals surface area contributed by atoms with Crippen LogP contribution in [-0.4, -0.2) is 0 Å². The molecule has 0 aliphatic heterocycles. The van der Waals surface area contributed by atoms with Crippen LogP contribution in [0.3, 0.4) is 0 Å². The van der Waals surface area contributed by atoms with Gasteiger partial charge in [-0.25, -0.2) is 0 Å². The maximum Gasteiger partial charge on any atom is 0.0566 e. The molecule has 0 radical (unpaired) electrons. The summed E-state index contributed by atoms with van der Waals surface area (Å²) in [5, 5.41) is 3.42. The minimum Gasteiger partial charge on any atom is -0.320 e. The molecule has 0 fully saturated rings. The van der Waals surface area contributed by atoms with Gasteiger partial charge in [0.15, 0.2) is 0 Å². The van der Waals surface area contributed by atoms with Crippen LogP contribution in [-0.2, 0) is 0 Å². The van der Waals surface area contributed by atoms with Crippen molar-refractivity contribution in [3.8, 4) is 0 Å². The Morgan fingerprint density at radius 2 is 1.67 bits per heavy atom. The highest BCUT2D eigenvalue weighted by Gasteiger charge is 2.15. The van der Waals surface area contributed by atoms with E-state index in [1.807, 2.05) is 0 Å². The molecule has 0 amide bonds. The highest BCUT2D eigenvalue weighted by atomic mass is 79.9. The van der Waals surface area contributed by atoms with Crippen molar-refractivity contribution in [2.45, 2.75) is 25.8 Å². The summed E-state index contributed by atoms with van der Waals surface area (Å²) >= 11 is 5.36. The predicted molar refractivity (Wildman–Crippen MR) is 96.1 cm³/mol. The molecule has 108 valence electrons. The number of halogens is 1. The summed E-state index contributed by atoms with van der Waals surface area (Å²) in [4.78, 5) is 0. The average molecular weight is 360 g/mol. The van der Waals surface area contributed by atoms with Gasteiger partial charge < -0.3 is 5.73 Å². The molecule has 0 aliphatic rings. The van der Waals surface area contributed by atoms with Crippen LogP contribution in [0, 0.1) is 0 Å². The van der Waals surface area contributed by atoms with E-state index >= 15 is 0 Å². The van der Waals surface area contributed by atoms with Crippen molar-refractivity contribution in [2.75, 3.05) is 0 Å². The van der Waals surface area contributed by atoms with Crippen LogP contribution >= 0.6 is 27.3 Å². The maximum absolute atomic E-state index is 6.49. The Balaban J connectivity index is 2.00. The van der Waals surface area contributed by atoms with E-state index in [0.29, 0.717) is 5.92 Å². The van der Waals surface area contributed by atoms with Crippen molar-refractivity contribution >= 4 is 37.4 Å². The normalized spacial score (nSPS) is 13.0. The molecule has 2 aromatic carbocycles. The molecule has 3 rings (SSSR count). The highest BCUT2D eigenvalue weighted by molar-refractivity contribution is 9.10. The fraction of sp³-hybridized carbons (Fsp3) is 0.222. The van der Waals surface area contributed by atoms with E-state index in [0.717, 1.165) is 4.47 Å². The smallest absolute Gasteiger partial charge is 0.0566 e. The first-order valence-electron chi connectivity index (χ1n) is 7.09. The molecule has 2 N–H and O–H groups in total. The lowest BCUT2D eigenvalue weighted by Gasteiger charge is -2.13. The molecule has 3 heteroatoms. The second kappa shape index (κ2) is 5.91. The Bertz CT molecular complexity index is 758. The summed E-state index contributed by atoms with van der Waals surface area (Å²) in [5.41, 5.74) is 10.2. The van der Waals surface area contributed by atoms with Crippen LogP contribution in [0.25, 0.3) is 10.1 Å². The van der Waals surface area contributed by atoms with E-state index in [4.69, 9.17) is 5.73 Å². The summed E-state index contributed by atoms with van der Waals surface area (Å²) in [6.07, 6.45) is 0. The van der Waals surface area contributed by atoms with E-state index < -0.39 is 0 Å². The molecule has 1 heterocycles. The van der Waals surface area contributed by atoms with E-state index in [1.165, 1.54) is 26.8 Å². The lowest BCUT2D eigenvalue weighted by atomic mass is 9.95. The number of thiophene rings is 1. The number of nitrogens with two attached hydrogens (primary N) is 1. The largest absolute Gasteiger partial charge is 0.320 e. The van der Waals surface area contributed by atoms with Crippen LogP contribution in [0.5, 0.6) is 0 Å². The molecular weight excluding hydrogens is 342 g/mol. The number of rotatable bonds is 3. The van der Waals surface area contributed by atoms with Crippen molar-refractivity contribution < 1.29 is 0 Å². The molecule has 1 atom stereocenters. The summed E-state index contributed by atoms with van der Waals surface area (Å²) in [6, 6.07) is 14.9. The zero-order chi connectivity index (χ0) is 15.0. The first-order chi connectivity index (χ1) is 10.1. The van der Waals surface area contributed by atoms with Gasteiger partial charge in [-0.05, 0) is 55.4 Å². The van der Waals surface area contributed by atoms with Gasteiger partial charge in [-0.1, -0.05) is 50.2 Å². The van der Waals surface area contributed by atoms with E-state index in [2.05, 4.69) is 77.6 Å². The third kappa shape index (κ3) is 2.78. The average Bonchev–Trinajstić information content (AvgIpc) is 2.92. The Hall–Kier alpha value is -1.16. The third-order valence-corrected chi connectivity index (χ3v) is 5.85. The van der Waals surface area contributed by atoms with Crippen molar-refractivity contribution in [1.82, 2.24) is 0 Å². The molecule has 0 bridgehead atoms. The summed E-state index contributed by atoms with van der Waals surface area (Å²) in [6.45, 7) is 4.41. The van der Waals surface area contributed by atoms with Crippen LogP contribution in [0.1, 0.15) is 42.5 Å². The quantitative estimate of drug-likeness (QED) is 0.624. The third-order valence-electron chi connectivity index (χ3n) is 3.88. The molecule has 3 aromatic rings. The Labute approximate surface area is 137 Å². The minimum atomic E-state index is -0.0748. The van der Waals surface area contributed by atoms with Crippen LogP contribution in [0.4, 0.5) is 0 Å². The fourth-order valence-electron chi connectivity index (χ4n) is 2.55. The van der Waals surface area contributed by atoms with Gasteiger partial charge in [0.2, 0.25) is 0 Å². The van der Waals surface area contributed by atoms with E-state index in [1.54, 1.807) is 11.3 Å². The van der Waals surface area contributed by atoms with Crippen molar-refractivity contribution in [3.63, 3.8) is 0 Å². The zero-order valence-corrected chi connectivity index (χ0v) is 14.5. The molecule has 0 saturated carbocycles. The Morgan fingerprint density at radius 3 is 2.33 bits per heavy atom. The number of fused-ring (bicyclic) bond motifs is 1. The first-order valence-corrected chi connectivity index (χ1v) is 8.76. The molecular formula is C18H18BrNS. The van der Waals surface area contributed by atoms with Gasteiger partial charge in [0, 0.05) is 9.17 Å².